The fraction of sp³-hybridized carbons (Fsp3) is 0.783. The largest absolute Gasteiger partial charge is 0.383 e. The van der Waals surface area contributed by atoms with E-state index >= 15 is 0 Å². The van der Waals surface area contributed by atoms with Crippen molar-refractivity contribution in [3.63, 3.8) is 0 Å². The minimum atomic E-state index is -3.89. The first-order chi connectivity index (χ1) is 15.1. The van der Waals surface area contributed by atoms with Gasteiger partial charge in [-0.3, -0.25) is 14.3 Å². The number of aromatic nitrogens is 2. The molecule has 3 rings (SSSR count). The SMILES string of the molecule is COCCN(CC(=O)Nc1cc(C(C)(C)C)nn1C)S(=O)(=O)CC12CCC(CC1=O)C2(C)C. The minimum Gasteiger partial charge on any atom is -0.383 e. The molecule has 1 N–H and O–H groups in total. The van der Waals surface area contributed by atoms with Gasteiger partial charge in [-0.25, -0.2) is 8.42 Å². The summed E-state index contributed by atoms with van der Waals surface area (Å²) in [6, 6.07) is 1.79. The molecule has 0 radical (unpaired) electrons. The molecule has 2 fully saturated rings. The lowest BCUT2D eigenvalue weighted by molar-refractivity contribution is -0.128. The third kappa shape index (κ3) is 4.74. The monoisotopic (exact) mass is 482 g/mol. The van der Waals surface area contributed by atoms with Gasteiger partial charge < -0.3 is 10.1 Å². The smallest absolute Gasteiger partial charge is 0.240 e. The number of carbonyl (C=O) groups is 2. The molecule has 2 unspecified atom stereocenters. The first-order valence-corrected chi connectivity index (χ1v) is 13.1. The molecule has 0 saturated heterocycles. The van der Waals surface area contributed by atoms with Crippen LogP contribution in [0.1, 0.15) is 59.6 Å². The van der Waals surface area contributed by atoms with Gasteiger partial charge in [0.05, 0.1) is 24.6 Å². The second-order valence-electron chi connectivity index (χ2n) is 11.1. The Morgan fingerprint density at radius 3 is 2.52 bits per heavy atom. The highest BCUT2D eigenvalue weighted by Gasteiger charge is 2.65. The summed E-state index contributed by atoms with van der Waals surface area (Å²) in [5, 5.41) is 7.22. The number of ether oxygens (including phenoxy) is 1. The van der Waals surface area contributed by atoms with E-state index in [2.05, 4.69) is 10.4 Å². The number of aryl methyl sites for hydroxylation is 1. The van der Waals surface area contributed by atoms with E-state index in [0.717, 1.165) is 16.4 Å². The molecule has 2 aliphatic rings. The maximum absolute atomic E-state index is 13.5. The molecule has 2 saturated carbocycles. The second kappa shape index (κ2) is 8.78. The molecular weight excluding hydrogens is 444 g/mol. The fourth-order valence-corrected chi connectivity index (χ4v) is 7.46. The summed E-state index contributed by atoms with van der Waals surface area (Å²) in [5.74, 6) is 0.0280. The van der Waals surface area contributed by atoms with Gasteiger partial charge in [-0.2, -0.15) is 9.40 Å². The van der Waals surface area contributed by atoms with Crippen LogP contribution in [0, 0.1) is 16.7 Å². The van der Waals surface area contributed by atoms with Crippen LogP contribution in [-0.2, 0) is 36.8 Å². The Bertz CT molecular complexity index is 1020. The topological polar surface area (TPSA) is 111 Å². The van der Waals surface area contributed by atoms with E-state index in [9.17, 15) is 18.0 Å². The summed E-state index contributed by atoms with van der Waals surface area (Å²) in [5.41, 5.74) is -0.624. The summed E-state index contributed by atoms with van der Waals surface area (Å²) < 4.78 is 34.9. The highest BCUT2D eigenvalue weighted by Crippen LogP contribution is 2.64. The number of sulfonamides is 1. The van der Waals surface area contributed by atoms with Crippen LogP contribution in [0.25, 0.3) is 0 Å². The number of hydrogen-bond acceptors (Lipinski definition) is 6. The lowest BCUT2D eigenvalue weighted by Crippen LogP contribution is -2.49. The number of hydrogen-bond donors (Lipinski definition) is 1. The van der Waals surface area contributed by atoms with Crippen molar-refractivity contribution in [2.24, 2.45) is 23.8 Å². The van der Waals surface area contributed by atoms with E-state index in [4.69, 9.17) is 4.74 Å². The van der Waals surface area contributed by atoms with Gasteiger partial charge in [-0.05, 0) is 24.2 Å². The van der Waals surface area contributed by atoms with Crippen LogP contribution >= 0.6 is 0 Å². The van der Waals surface area contributed by atoms with Crippen molar-refractivity contribution in [2.75, 3.05) is 37.9 Å². The van der Waals surface area contributed by atoms with Gasteiger partial charge in [0.2, 0.25) is 15.9 Å². The first-order valence-electron chi connectivity index (χ1n) is 11.5. The van der Waals surface area contributed by atoms with Crippen LogP contribution in [-0.4, -0.2) is 66.8 Å². The number of ketones is 1. The maximum Gasteiger partial charge on any atom is 0.240 e. The van der Waals surface area contributed by atoms with Crippen LogP contribution in [0.15, 0.2) is 6.07 Å². The number of nitrogens with one attached hydrogen (secondary N) is 1. The van der Waals surface area contributed by atoms with Crippen LogP contribution < -0.4 is 5.32 Å². The molecule has 1 amide bonds. The second-order valence-corrected chi connectivity index (χ2v) is 13.1. The average molecular weight is 483 g/mol. The van der Waals surface area contributed by atoms with Crippen molar-refractivity contribution in [3.05, 3.63) is 11.8 Å². The molecule has 0 aromatic carbocycles. The number of fused-ring (bicyclic) bond motifs is 2. The Hall–Kier alpha value is -1.78. The molecule has 1 aromatic rings. The number of rotatable bonds is 9. The van der Waals surface area contributed by atoms with Crippen molar-refractivity contribution < 1.29 is 22.7 Å². The number of nitrogens with zero attached hydrogens (tertiary/aromatic N) is 3. The van der Waals surface area contributed by atoms with Crippen molar-refractivity contribution >= 4 is 27.5 Å². The maximum atomic E-state index is 13.5. The quantitative estimate of drug-likeness (QED) is 0.578. The lowest BCUT2D eigenvalue weighted by Gasteiger charge is -2.37. The van der Waals surface area contributed by atoms with Gasteiger partial charge in [0.1, 0.15) is 11.6 Å². The number of methoxy groups -OCH3 is 1. The van der Waals surface area contributed by atoms with Crippen LogP contribution in [0.5, 0.6) is 0 Å². The third-order valence-corrected chi connectivity index (χ3v) is 9.70. The lowest BCUT2D eigenvalue weighted by atomic mass is 9.70. The van der Waals surface area contributed by atoms with Gasteiger partial charge in [-0.1, -0.05) is 34.6 Å². The molecule has 186 valence electrons. The van der Waals surface area contributed by atoms with Crippen LogP contribution in [0.2, 0.25) is 0 Å². The van der Waals surface area contributed by atoms with Gasteiger partial charge in [0, 0.05) is 44.0 Å². The molecule has 1 aromatic heterocycles. The molecule has 0 spiro atoms. The standard InChI is InChI=1S/C23H38N4O5S/c1-21(2,3)17-13-19(26(6)25-17)24-20(29)14-27(10-11-32-7)33(30,31)15-23-9-8-16(12-18(23)28)22(23,4)5/h13,16H,8-12,14-15H2,1-7H3,(H,24,29). The summed E-state index contributed by atoms with van der Waals surface area (Å²) in [7, 11) is -0.678. The fourth-order valence-electron chi connectivity index (χ4n) is 5.31. The Morgan fingerprint density at radius 1 is 1.36 bits per heavy atom. The zero-order valence-electron chi connectivity index (χ0n) is 20.9. The molecule has 2 atom stereocenters. The Kier molecular flexibility index (Phi) is 6.87. The van der Waals surface area contributed by atoms with E-state index < -0.39 is 21.3 Å². The van der Waals surface area contributed by atoms with E-state index in [-0.39, 0.29) is 48.0 Å². The van der Waals surface area contributed by atoms with E-state index in [1.54, 1.807) is 17.8 Å². The zero-order chi connectivity index (χ0) is 24.8. The number of amides is 1. The Balaban J connectivity index is 1.79. The molecule has 1 heterocycles. The van der Waals surface area contributed by atoms with Gasteiger partial charge >= 0.3 is 0 Å². The van der Waals surface area contributed by atoms with Gasteiger partial charge in [-0.15, -0.1) is 0 Å². The molecule has 9 nitrogen and oxygen atoms in total. The normalized spacial score (nSPS) is 24.6. The summed E-state index contributed by atoms with van der Waals surface area (Å²) in [4.78, 5) is 25.7. The van der Waals surface area contributed by atoms with Crippen LogP contribution in [0.4, 0.5) is 5.82 Å². The predicted octanol–water partition coefficient (Wildman–Crippen LogP) is 2.33. The molecule has 33 heavy (non-hydrogen) atoms. The third-order valence-electron chi connectivity index (χ3n) is 7.74. The van der Waals surface area contributed by atoms with E-state index in [1.807, 2.05) is 34.6 Å². The number of Topliss-reactive ketones (excluding diaryl/α,β-unsaturated/α-hetero) is 1. The van der Waals surface area contributed by atoms with Crippen LogP contribution in [0.3, 0.4) is 0 Å². The van der Waals surface area contributed by atoms with Crippen molar-refractivity contribution in [2.45, 2.75) is 59.3 Å². The number of anilines is 1. The minimum absolute atomic E-state index is 0.0352. The molecule has 0 aliphatic heterocycles. The van der Waals surface area contributed by atoms with Gasteiger partial charge in [0.15, 0.2) is 0 Å². The summed E-state index contributed by atoms with van der Waals surface area (Å²) in [6.07, 6.45) is 1.89. The first kappa shape index (κ1) is 25.8. The number of carbonyl (C=O) groups excluding carboxylic acids is 2. The molecular formula is C23H38N4O5S. The molecule has 10 heteroatoms. The van der Waals surface area contributed by atoms with Crippen molar-refractivity contribution in [3.8, 4) is 0 Å². The summed E-state index contributed by atoms with van der Waals surface area (Å²) >= 11 is 0. The van der Waals surface area contributed by atoms with E-state index in [1.165, 1.54) is 7.11 Å². The molecule has 2 aliphatic carbocycles. The van der Waals surface area contributed by atoms with Gasteiger partial charge in [0.25, 0.3) is 0 Å². The average Bonchev–Trinajstić information content (AvgIpc) is 3.23. The zero-order valence-corrected chi connectivity index (χ0v) is 21.7. The Labute approximate surface area is 197 Å². The predicted molar refractivity (Wildman–Crippen MR) is 126 cm³/mol. The Morgan fingerprint density at radius 2 is 2.03 bits per heavy atom. The highest BCUT2D eigenvalue weighted by atomic mass is 32.2. The van der Waals surface area contributed by atoms with Crippen molar-refractivity contribution in [1.82, 2.24) is 14.1 Å². The summed E-state index contributed by atoms with van der Waals surface area (Å²) in [6.45, 7) is 9.93. The van der Waals surface area contributed by atoms with Crippen molar-refractivity contribution in [1.29, 1.82) is 0 Å². The highest BCUT2D eigenvalue weighted by molar-refractivity contribution is 7.89. The molecule has 2 bridgehead atoms. The van der Waals surface area contributed by atoms with E-state index in [0.29, 0.717) is 18.7 Å².